The number of fused-ring (bicyclic) bond motifs is 1. The van der Waals surface area contributed by atoms with Crippen LogP contribution < -0.4 is 5.32 Å². The standard InChI is InChI=1S/C17H25N3O2S/c1-4-12-10-13-16(18-9-7-5-6-8-14(21)22)19-15(11(2)3)20-17(13)23-12/h10-11H,4-9H2,1-3H3,(H,21,22)(H,18,19,20). The summed E-state index contributed by atoms with van der Waals surface area (Å²) in [6.07, 6.45) is 3.84. The average molecular weight is 335 g/mol. The summed E-state index contributed by atoms with van der Waals surface area (Å²) in [5.41, 5.74) is 0. The summed E-state index contributed by atoms with van der Waals surface area (Å²) in [6, 6.07) is 2.18. The van der Waals surface area contributed by atoms with Crippen LogP contribution in [0.15, 0.2) is 6.07 Å². The minimum Gasteiger partial charge on any atom is -0.481 e. The second-order valence-electron chi connectivity index (χ2n) is 6.00. The van der Waals surface area contributed by atoms with Gasteiger partial charge in [0.1, 0.15) is 16.5 Å². The van der Waals surface area contributed by atoms with E-state index in [4.69, 9.17) is 5.11 Å². The lowest BCUT2D eigenvalue weighted by Crippen LogP contribution is -2.07. The number of carboxylic acid groups (broad SMARTS) is 1. The van der Waals surface area contributed by atoms with Crippen molar-refractivity contribution in [2.45, 2.75) is 58.8 Å². The van der Waals surface area contributed by atoms with Gasteiger partial charge in [-0.15, -0.1) is 11.3 Å². The van der Waals surface area contributed by atoms with Crippen molar-refractivity contribution in [3.63, 3.8) is 0 Å². The van der Waals surface area contributed by atoms with Crippen LogP contribution in [0.4, 0.5) is 5.82 Å². The molecule has 0 aromatic carbocycles. The molecule has 0 aliphatic heterocycles. The predicted octanol–water partition coefficient (Wildman–Crippen LogP) is 4.43. The van der Waals surface area contributed by atoms with Crippen molar-refractivity contribution in [1.29, 1.82) is 0 Å². The van der Waals surface area contributed by atoms with E-state index in [2.05, 4.69) is 42.1 Å². The maximum absolute atomic E-state index is 10.5. The van der Waals surface area contributed by atoms with Gasteiger partial charge in [-0.2, -0.15) is 0 Å². The largest absolute Gasteiger partial charge is 0.481 e. The molecule has 2 aromatic rings. The lowest BCUT2D eigenvalue weighted by atomic mass is 10.2. The number of thiophene rings is 1. The number of aromatic nitrogens is 2. The number of carbonyl (C=O) groups is 1. The van der Waals surface area contributed by atoms with Crippen molar-refractivity contribution in [2.75, 3.05) is 11.9 Å². The first kappa shape index (κ1) is 17.7. The van der Waals surface area contributed by atoms with Gasteiger partial charge in [-0.05, 0) is 25.3 Å². The molecule has 0 saturated heterocycles. The van der Waals surface area contributed by atoms with Crippen molar-refractivity contribution in [3.8, 4) is 0 Å². The molecule has 2 rings (SSSR count). The van der Waals surface area contributed by atoms with Gasteiger partial charge in [-0.3, -0.25) is 4.79 Å². The lowest BCUT2D eigenvalue weighted by molar-refractivity contribution is -0.137. The van der Waals surface area contributed by atoms with E-state index in [-0.39, 0.29) is 6.42 Å². The third kappa shape index (κ3) is 4.89. The van der Waals surface area contributed by atoms with Gasteiger partial charge in [0, 0.05) is 23.8 Å². The number of nitrogens with zero attached hydrogens (tertiary/aromatic N) is 2. The predicted molar refractivity (Wildman–Crippen MR) is 95.5 cm³/mol. The summed E-state index contributed by atoms with van der Waals surface area (Å²) in [4.78, 5) is 22.2. The van der Waals surface area contributed by atoms with E-state index in [1.807, 2.05) is 0 Å². The van der Waals surface area contributed by atoms with E-state index in [1.54, 1.807) is 11.3 Å². The van der Waals surface area contributed by atoms with Gasteiger partial charge in [-0.25, -0.2) is 9.97 Å². The van der Waals surface area contributed by atoms with Crippen LogP contribution in [0, 0.1) is 0 Å². The van der Waals surface area contributed by atoms with Crippen molar-refractivity contribution in [1.82, 2.24) is 9.97 Å². The fraction of sp³-hybridized carbons (Fsp3) is 0.588. The van der Waals surface area contributed by atoms with E-state index < -0.39 is 5.97 Å². The fourth-order valence-electron chi connectivity index (χ4n) is 2.34. The number of aliphatic carboxylic acids is 1. The Kier molecular flexibility index (Phi) is 6.33. The molecule has 0 radical (unpaired) electrons. The lowest BCUT2D eigenvalue weighted by Gasteiger charge is -2.10. The van der Waals surface area contributed by atoms with Crippen molar-refractivity contribution < 1.29 is 9.90 Å². The van der Waals surface area contributed by atoms with E-state index >= 15 is 0 Å². The second kappa shape index (κ2) is 8.24. The molecule has 0 spiro atoms. The summed E-state index contributed by atoms with van der Waals surface area (Å²) in [7, 11) is 0. The molecule has 0 amide bonds. The van der Waals surface area contributed by atoms with Crippen molar-refractivity contribution >= 4 is 33.3 Å². The third-order valence-electron chi connectivity index (χ3n) is 3.69. The highest BCUT2D eigenvalue weighted by Gasteiger charge is 2.13. The highest BCUT2D eigenvalue weighted by Crippen LogP contribution is 2.30. The van der Waals surface area contributed by atoms with Crippen LogP contribution in [-0.2, 0) is 11.2 Å². The number of carboxylic acids is 1. The first-order valence-corrected chi connectivity index (χ1v) is 9.09. The summed E-state index contributed by atoms with van der Waals surface area (Å²) in [5.74, 6) is 1.35. The average Bonchev–Trinajstić information content (AvgIpc) is 2.93. The van der Waals surface area contributed by atoms with Crippen molar-refractivity contribution in [3.05, 3.63) is 16.8 Å². The maximum Gasteiger partial charge on any atom is 0.303 e. The number of nitrogens with one attached hydrogen (secondary N) is 1. The molecule has 5 nitrogen and oxygen atoms in total. The second-order valence-corrected chi connectivity index (χ2v) is 7.12. The van der Waals surface area contributed by atoms with Gasteiger partial charge in [0.15, 0.2) is 0 Å². The molecule has 0 atom stereocenters. The zero-order valence-electron chi connectivity index (χ0n) is 14.1. The highest BCUT2D eigenvalue weighted by molar-refractivity contribution is 7.18. The Morgan fingerprint density at radius 2 is 2.09 bits per heavy atom. The molecule has 0 fully saturated rings. The smallest absolute Gasteiger partial charge is 0.303 e. The Morgan fingerprint density at radius 1 is 1.30 bits per heavy atom. The number of hydrogen-bond acceptors (Lipinski definition) is 5. The Labute approximate surface area is 141 Å². The number of rotatable bonds is 9. The van der Waals surface area contributed by atoms with Crippen LogP contribution in [0.5, 0.6) is 0 Å². The molecule has 0 bridgehead atoms. The molecular weight excluding hydrogens is 310 g/mol. The Hall–Kier alpha value is -1.69. The SMILES string of the molecule is CCc1cc2c(NCCCCCC(=O)O)nc(C(C)C)nc2s1. The van der Waals surface area contributed by atoms with E-state index in [9.17, 15) is 4.79 Å². The quantitative estimate of drug-likeness (QED) is 0.663. The molecule has 2 N–H and O–H groups in total. The highest BCUT2D eigenvalue weighted by atomic mass is 32.1. The molecule has 126 valence electrons. The fourth-order valence-corrected chi connectivity index (χ4v) is 3.31. The monoisotopic (exact) mass is 335 g/mol. The molecule has 0 unspecified atom stereocenters. The summed E-state index contributed by atoms with van der Waals surface area (Å²) >= 11 is 1.74. The van der Waals surface area contributed by atoms with Crippen LogP contribution in [-0.4, -0.2) is 27.6 Å². The van der Waals surface area contributed by atoms with Gasteiger partial charge >= 0.3 is 5.97 Å². The first-order chi connectivity index (χ1) is 11.0. The first-order valence-electron chi connectivity index (χ1n) is 8.27. The minimum absolute atomic E-state index is 0.250. The molecule has 2 heterocycles. The molecular formula is C17H25N3O2S. The van der Waals surface area contributed by atoms with Gasteiger partial charge in [-0.1, -0.05) is 27.2 Å². The molecule has 0 saturated carbocycles. The van der Waals surface area contributed by atoms with Crippen LogP contribution in [0.25, 0.3) is 10.2 Å². The molecule has 2 aromatic heterocycles. The number of hydrogen-bond donors (Lipinski definition) is 2. The third-order valence-corrected chi connectivity index (χ3v) is 4.86. The number of aryl methyl sites for hydroxylation is 1. The normalized spacial score (nSPS) is 11.3. The number of anilines is 1. The maximum atomic E-state index is 10.5. The molecule has 6 heteroatoms. The Morgan fingerprint density at radius 3 is 2.74 bits per heavy atom. The van der Waals surface area contributed by atoms with E-state index in [1.165, 1.54) is 4.88 Å². The van der Waals surface area contributed by atoms with Gasteiger partial charge in [0.25, 0.3) is 0 Å². The zero-order chi connectivity index (χ0) is 16.8. The minimum atomic E-state index is -0.720. The van der Waals surface area contributed by atoms with E-state index in [0.29, 0.717) is 5.92 Å². The van der Waals surface area contributed by atoms with Gasteiger partial charge < -0.3 is 10.4 Å². The Balaban J connectivity index is 2.05. The molecule has 23 heavy (non-hydrogen) atoms. The Bertz CT molecular complexity index is 667. The van der Waals surface area contributed by atoms with E-state index in [0.717, 1.165) is 54.1 Å². The van der Waals surface area contributed by atoms with Gasteiger partial charge in [0.05, 0.1) is 5.39 Å². The van der Waals surface area contributed by atoms with Crippen LogP contribution in [0.1, 0.15) is 63.1 Å². The summed E-state index contributed by atoms with van der Waals surface area (Å²) in [6.45, 7) is 7.16. The van der Waals surface area contributed by atoms with Crippen LogP contribution >= 0.6 is 11.3 Å². The summed E-state index contributed by atoms with van der Waals surface area (Å²) in [5, 5.41) is 13.2. The number of unbranched alkanes of at least 4 members (excludes halogenated alkanes) is 2. The molecule has 0 aliphatic carbocycles. The zero-order valence-corrected chi connectivity index (χ0v) is 14.9. The summed E-state index contributed by atoms with van der Waals surface area (Å²) < 4.78 is 0. The van der Waals surface area contributed by atoms with Gasteiger partial charge in [0.2, 0.25) is 0 Å². The van der Waals surface area contributed by atoms with Crippen LogP contribution in [0.2, 0.25) is 0 Å². The topological polar surface area (TPSA) is 75.1 Å². The van der Waals surface area contributed by atoms with Crippen molar-refractivity contribution in [2.24, 2.45) is 0 Å². The van der Waals surface area contributed by atoms with Crippen LogP contribution in [0.3, 0.4) is 0 Å². The molecule has 0 aliphatic rings.